The summed E-state index contributed by atoms with van der Waals surface area (Å²) in [4.78, 5) is 2.20. The van der Waals surface area contributed by atoms with Gasteiger partial charge in [-0.1, -0.05) is 6.07 Å². The van der Waals surface area contributed by atoms with Gasteiger partial charge in [0.15, 0.2) is 0 Å². The molecule has 0 saturated carbocycles. The van der Waals surface area contributed by atoms with E-state index in [1.807, 2.05) is 12.1 Å². The molecule has 1 saturated heterocycles. The van der Waals surface area contributed by atoms with Crippen molar-refractivity contribution in [2.45, 2.75) is 38.9 Å². The fourth-order valence-electron chi connectivity index (χ4n) is 2.49. The molecule has 2 heterocycles. The number of hydrogen-bond acceptors (Lipinski definition) is 4. The summed E-state index contributed by atoms with van der Waals surface area (Å²) in [5, 5.41) is 0. The molecule has 0 aliphatic carbocycles. The number of ether oxygens (including phenoxy) is 1. The van der Waals surface area contributed by atoms with Gasteiger partial charge < -0.3 is 18.9 Å². The second kappa shape index (κ2) is 4.40. The molecule has 2 aliphatic rings. The van der Waals surface area contributed by atoms with Gasteiger partial charge in [-0.25, -0.2) is 0 Å². The zero-order chi connectivity index (χ0) is 14.5. The van der Waals surface area contributed by atoms with Crippen LogP contribution in [-0.2, 0) is 9.31 Å². The normalized spacial score (nSPS) is 23.4. The second-order valence-electron chi connectivity index (χ2n) is 6.59. The molecule has 0 aromatic heterocycles. The van der Waals surface area contributed by atoms with Crippen LogP contribution in [0.15, 0.2) is 18.2 Å². The van der Waals surface area contributed by atoms with E-state index in [4.69, 9.17) is 14.0 Å². The molecule has 0 amide bonds. The molecule has 1 aromatic rings. The first-order chi connectivity index (χ1) is 9.30. The van der Waals surface area contributed by atoms with Gasteiger partial charge in [0, 0.05) is 7.05 Å². The van der Waals surface area contributed by atoms with Crippen molar-refractivity contribution in [3.8, 4) is 5.75 Å². The predicted octanol–water partition coefficient (Wildman–Crippen LogP) is 1.81. The van der Waals surface area contributed by atoms with Crippen molar-refractivity contribution in [3.63, 3.8) is 0 Å². The summed E-state index contributed by atoms with van der Waals surface area (Å²) in [7, 11) is 1.76. The average molecular weight is 275 g/mol. The SMILES string of the molecule is CN1CCOc2ccc(B3OC(C)(C)C(C)(C)O3)cc21. The summed E-state index contributed by atoms with van der Waals surface area (Å²) >= 11 is 0. The van der Waals surface area contributed by atoms with E-state index in [1.54, 1.807) is 0 Å². The Morgan fingerprint density at radius 3 is 2.40 bits per heavy atom. The molecule has 3 rings (SSSR count). The van der Waals surface area contributed by atoms with E-state index in [-0.39, 0.29) is 18.3 Å². The number of hydrogen-bond donors (Lipinski definition) is 0. The number of anilines is 1. The topological polar surface area (TPSA) is 30.9 Å². The minimum absolute atomic E-state index is 0.310. The van der Waals surface area contributed by atoms with E-state index in [0.717, 1.165) is 30.1 Å². The van der Waals surface area contributed by atoms with Crippen molar-refractivity contribution < 1.29 is 14.0 Å². The van der Waals surface area contributed by atoms with Gasteiger partial charge in [0.05, 0.1) is 23.4 Å². The van der Waals surface area contributed by atoms with Gasteiger partial charge in [-0.3, -0.25) is 0 Å². The summed E-state index contributed by atoms with van der Waals surface area (Å²) < 4.78 is 17.9. The number of fused-ring (bicyclic) bond motifs is 1. The lowest BCUT2D eigenvalue weighted by atomic mass is 9.78. The van der Waals surface area contributed by atoms with Gasteiger partial charge in [-0.2, -0.15) is 0 Å². The van der Waals surface area contributed by atoms with E-state index in [0.29, 0.717) is 0 Å². The first-order valence-corrected chi connectivity index (χ1v) is 7.14. The van der Waals surface area contributed by atoms with Crippen molar-refractivity contribution in [2.75, 3.05) is 25.1 Å². The molecule has 0 bridgehead atoms. The lowest BCUT2D eigenvalue weighted by Gasteiger charge is -2.32. The van der Waals surface area contributed by atoms with Crippen LogP contribution >= 0.6 is 0 Å². The summed E-state index contributed by atoms with van der Waals surface area (Å²) in [6.45, 7) is 9.92. The number of likely N-dealkylation sites (N-methyl/N-ethyl adjacent to an activating group) is 1. The fourth-order valence-corrected chi connectivity index (χ4v) is 2.49. The summed E-state index contributed by atoms with van der Waals surface area (Å²) in [6.07, 6.45) is 0. The Kier molecular flexibility index (Phi) is 3.03. The summed E-state index contributed by atoms with van der Waals surface area (Å²) in [6, 6.07) is 6.14. The van der Waals surface area contributed by atoms with Crippen LogP contribution in [0.1, 0.15) is 27.7 Å². The molecule has 0 atom stereocenters. The highest BCUT2D eigenvalue weighted by molar-refractivity contribution is 6.62. The largest absolute Gasteiger partial charge is 0.494 e. The van der Waals surface area contributed by atoms with Gasteiger partial charge >= 0.3 is 7.12 Å². The van der Waals surface area contributed by atoms with Gasteiger partial charge in [-0.15, -0.1) is 0 Å². The number of nitrogens with zero attached hydrogens (tertiary/aromatic N) is 1. The van der Waals surface area contributed by atoms with Gasteiger partial charge in [0.2, 0.25) is 0 Å². The Hall–Kier alpha value is -1.20. The lowest BCUT2D eigenvalue weighted by molar-refractivity contribution is 0.00578. The standard InChI is InChI=1S/C15H22BNO3/c1-14(2)15(3,4)20-16(19-14)11-6-7-13-12(10-11)17(5)8-9-18-13/h6-7,10H,8-9H2,1-5H3. The molecule has 2 aliphatic heterocycles. The van der Waals surface area contributed by atoms with Crippen LogP contribution in [0, 0.1) is 0 Å². The second-order valence-corrected chi connectivity index (χ2v) is 6.59. The molecule has 0 radical (unpaired) electrons. The molecule has 108 valence electrons. The third-order valence-corrected chi connectivity index (χ3v) is 4.60. The van der Waals surface area contributed by atoms with Crippen LogP contribution in [-0.4, -0.2) is 38.5 Å². The van der Waals surface area contributed by atoms with Crippen molar-refractivity contribution in [2.24, 2.45) is 0 Å². The molecule has 0 unspecified atom stereocenters. The zero-order valence-electron chi connectivity index (χ0n) is 12.9. The highest BCUT2D eigenvalue weighted by Gasteiger charge is 2.51. The minimum atomic E-state index is -0.319. The van der Waals surface area contributed by atoms with Crippen molar-refractivity contribution in [1.82, 2.24) is 0 Å². The first kappa shape index (κ1) is 13.8. The smallest absolute Gasteiger partial charge is 0.490 e. The monoisotopic (exact) mass is 275 g/mol. The van der Waals surface area contributed by atoms with Crippen LogP contribution in [0.4, 0.5) is 5.69 Å². The Bertz CT molecular complexity index is 514. The summed E-state index contributed by atoms with van der Waals surface area (Å²) in [5.74, 6) is 0.930. The maximum atomic E-state index is 6.09. The average Bonchev–Trinajstić information content (AvgIpc) is 2.59. The highest BCUT2D eigenvalue weighted by atomic mass is 16.7. The zero-order valence-corrected chi connectivity index (χ0v) is 12.9. The Morgan fingerprint density at radius 2 is 1.75 bits per heavy atom. The molecular weight excluding hydrogens is 253 g/mol. The lowest BCUT2D eigenvalue weighted by Crippen LogP contribution is -2.41. The van der Waals surface area contributed by atoms with E-state index < -0.39 is 0 Å². The summed E-state index contributed by atoms with van der Waals surface area (Å²) in [5.41, 5.74) is 1.52. The van der Waals surface area contributed by atoms with Crippen LogP contribution in [0.25, 0.3) is 0 Å². The number of benzene rings is 1. The highest BCUT2D eigenvalue weighted by Crippen LogP contribution is 2.37. The Morgan fingerprint density at radius 1 is 1.10 bits per heavy atom. The molecule has 1 aromatic carbocycles. The van der Waals surface area contributed by atoms with E-state index in [2.05, 4.69) is 45.7 Å². The van der Waals surface area contributed by atoms with E-state index in [9.17, 15) is 0 Å². The van der Waals surface area contributed by atoms with Crippen molar-refractivity contribution >= 4 is 18.3 Å². The van der Waals surface area contributed by atoms with Crippen LogP contribution in [0.3, 0.4) is 0 Å². The predicted molar refractivity (Wildman–Crippen MR) is 80.9 cm³/mol. The molecule has 0 spiro atoms. The van der Waals surface area contributed by atoms with Crippen molar-refractivity contribution in [1.29, 1.82) is 0 Å². The first-order valence-electron chi connectivity index (χ1n) is 7.14. The number of rotatable bonds is 1. The van der Waals surface area contributed by atoms with Gasteiger partial charge in [0.25, 0.3) is 0 Å². The van der Waals surface area contributed by atoms with Crippen LogP contribution in [0.2, 0.25) is 0 Å². The van der Waals surface area contributed by atoms with Crippen LogP contribution < -0.4 is 15.1 Å². The maximum absolute atomic E-state index is 6.09. The van der Waals surface area contributed by atoms with Crippen molar-refractivity contribution in [3.05, 3.63) is 18.2 Å². The fraction of sp³-hybridized carbons (Fsp3) is 0.600. The minimum Gasteiger partial charge on any atom is -0.490 e. The Labute approximate surface area is 121 Å². The molecular formula is C15H22BNO3. The van der Waals surface area contributed by atoms with Crippen LogP contribution in [0.5, 0.6) is 5.75 Å². The van der Waals surface area contributed by atoms with E-state index in [1.165, 1.54) is 0 Å². The van der Waals surface area contributed by atoms with Gasteiger partial charge in [-0.05, 0) is 45.3 Å². The molecule has 4 nitrogen and oxygen atoms in total. The maximum Gasteiger partial charge on any atom is 0.494 e. The molecule has 5 heteroatoms. The molecule has 1 fully saturated rings. The third kappa shape index (κ3) is 2.09. The quantitative estimate of drug-likeness (QED) is 0.731. The van der Waals surface area contributed by atoms with E-state index >= 15 is 0 Å². The Balaban J connectivity index is 1.91. The molecule has 0 N–H and O–H groups in total. The molecule has 20 heavy (non-hydrogen) atoms. The van der Waals surface area contributed by atoms with Gasteiger partial charge in [0.1, 0.15) is 12.4 Å². The third-order valence-electron chi connectivity index (χ3n) is 4.60.